The van der Waals surface area contributed by atoms with Crippen LogP contribution in [0.15, 0.2) is 18.2 Å². The Hall–Kier alpha value is -2.88. The highest BCUT2D eigenvalue weighted by molar-refractivity contribution is 6.47. The summed E-state index contributed by atoms with van der Waals surface area (Å²) in [5.74, 6) is -1.29. The summed E-state index contributed by atoms with van der Waals surface area (Å²) >= 11 is 0. The number of fused-ring (bicyclic) bond motifs is 1. The van der Waals surface area contributed by atoms with Crippen LogP contribution in [-0.4, -0.2) is 48.7 Å². The van der Waals surface area contributed by atoms with Crippen molar-refractivity contribution in [1.82, 2.24) is 0 Å². The summed E-state index contributed by atoms with van der Waals surface area (Å²) in [6, 6.07) is 4.86. The summed E-state index contributed by atoms with van der Waals surface area (Å²) in [7, 11) is -1.28. The van der Waals surface area contributed by atoms with E-state index in [9.17, 15) is 24.2 Å². The van der Waals surface area contributed by atoms with Gasteiger partial charge in [-0.15, -0.1) is 0 Å². The van der Waals surface area contributed by atoms with Crippen LogP contribution in [-0.2, 0) is 30.2 Å². The van der Waals surface area contributed by atoms with E-state index in [1.54, 1.807) is 12.1 Å². The number of hydrogen-bond donors (Lipinski definition) is 1. The first kappa shape index (κ1) is 24.8. The maximum Gasteiger partial charge on any atom is 0.526 e. The number of hydrogen-bond acceptors (Lipinski definition) is 9. The molecule has 0 bridgehead atoms. The number of Topliss-reactive ketones (excluding diaryl/α,β-unsaturated/α-hetero) is 2. The van der Waals surface area contributed by atoms with Crippen molar-refractivity contribution in [3.8, 4) is 5.75 Å². The van der Waals surface area contributed by atoms with Crippen molar-refractivity contribution in [2.75, 3.05) is 6.79 Å². The summed E-state index contributed by atoms with van der Waals surface area (Å²) in [5.41, 5.74) is 0.730. The van der Waals surface area contributed by atoms with E-state index in [-0.39, 0.29) is 48.2 Å². The molecule has 2 aliphatic rings. The van der Waals surface area contributed by atoms with Crippen molar-refractivity contribution in [3.05, 3.63) is 29.3 Å². The molecule has 9 nitrogen and oxygen atoms in total. The van der Waals surface area contributed by atoms with E-state index < -0.39 is 31.9 Å². The Balaban J connectivity index is 1.52. The molecule has 1 aromatic rings. The smallest absolute Gasteiger partial charge is 0.526 e. The highest BCUT2D eigenvalue weighted by Gasteiger charge is 2.37. The maximum absolute atomic E-state index is 12.5. The van der Waals surface area contributed by atoms with Crippen molar-refractivity contribution in [2.24, 2.45) is 0 Å². The number of esters is 1. The first-order valence-corrected chi connectivity index (χ1v) is 11.3. The number of ether oxygens (including phenoxy) is 3. The van der Waals surface area contributed by atoms with Gasteiger partial charge in [-0.1, -0.05) is 18.6 Å². The molecule has 0 aromatic heterocycles. The van der Waals surface area contributed by atoms with Crippen LogP contribution in [0.25, 0.3) is 0 Å². The van der Waals surface area contributed by atoms with Crippen molar-refractivity contribution in [2.45, 2.75) is 76.6 Å². The lowest BCUT2D eigenvalue weighted by Gasteiger charge is -2.28. The molecule has 0 unspecified atom stereocenters. The lowest BCUT2D eigenvalue weighted by atomic mass is 9.64. The van der Waals surface area contributed by atoms with Gasteiger partial charge in [0.25, 0.3) is 0 Å². The molecule has 1 aliphatic heterocycles. The molecule has 1 heterocycles. The topological polar surface area (TPSA) is 125 Å². The van der Waals surface area contributed by atoms with Crippen molar-refractivity contribution < 1.29 is 43.1 Å². The highest BCUT2D eigenvalue weighted by atomic mass is 16.8. The molecule has 1 N–H and O–H groups in total. The fourth-order valence-corrected chi connectivity index (χ4v) is 4.09. The lowest BCUT2D eigenvalue weighted by molar-refractivity contribution is -0.123. The Morgan fingerprint density at radius 2 is 1.85 bits per heavy atom. The van der Waals surface area contributed by atoms with Crippen LogP contribution in [0.2, 0.25) is 5.82 Å². The Labute approximate surface area is 192 Å². The number of carbonyl (C=O) groups is 4. The molecule has 0 amide bonds. The van der Waals surface area contributed by atoms with Crippen LogP contribution in [0.5, 0.6) is 5.75 Å². The molecule has 1 aromatic carbocycles. The monoisotopic (exact) mass is 460 g/mol. The van der Waals surface area contributed by atoms with E-state index in [4.69, 9.17) is 18.9 Å². The van der Waals surface area contributed by atoms with E-state index in [1.165, 1.54) is 13.0 Å². The molecular formula is C23H29BO9. The standard InChI is InChI=1S/C23H29BO9/c1-15(25)10-11-18(26)13-17-12-16-6-5-9-20(21(16)33-24(17)29)22(27)30-14-31-23(28)32-19-7-3-2-4-8-19/h5-6,9,17,19,29H,2-4,7-8,10-14H2,1H3/t17-/m1/s1. The third kappa shape index (κ3) is 7.31. The van der Waals surface area contributed by atoms with Crippen LogP contribution < -0.4 is 4.65 Å². The van der Waals surface area contributed by atoms with Crippen molar-refractivity contribution >= 4 is 30.8 Å². The van der Waals surface area contributed by atoms with Gasteiger partial charge < -0.3 is 28.7 Å². The zero-order chi connectivity index (χ0) is 23.8. The van der Waals surface area contributed by atoms with Gasteiger partial charge in [0.1, 0.15) is 29.0 Å². The molecule has 0 radical (unpaired) electrons. The number of ketones is 2. The van der Waals surface area contributed by atoms with Crippen LogP contribution in [0.1, 0.15) is 74.2 Å². The zero-order valence-electron chi connectivity index (χ0n) is 18.7. The Morgan fingerprint density at radius 1 is 1.09 bits per heavy atom. The van der Waals surface area contributed by atoms with Gasteiger partial charge in [0.15, 0.2) is 0 Å². The van der Waals surface area contributed by atoms with Crippen LogP contribution in [0, 0.1) is 0 Å². The Kier molecular flexibility index (Phi) is 8.88. The summed E-state index contributed by atoms with van der Waals surface area (Å²) in [6.45, 7) is 0.817. The van der Waals surface area contributed by atoms with E-state index in [2.05, 4.69) is 0 Å². The van der Waals surface area contributed by atoms with Crippen molar-refractivity contribution in [3.63, 3.8) is 0 Å². The van der Waals surface area contributed by atoms with Gasteiger partial charge >= 0.3 is 19.2 Å². The lowest BCUT2D eigenvalue weighted by Crippen LogP contribution is -2.36. The van der Waals surface area contributed by atoms with Gasteiger partial charge in [-0.05, 0) is 50.7 Å². The predicted octanol–water partition coefficient (Wildman–Crippen LogP) is 3.40. The molecule has 0 saturated heterocycles. The van der Waals surface area contributed by atoms with Gasteiger partial charge in [-0.25, -0.2) is 9.59 Å². The molecule has 10 heteroatoms. The first-order valence-electron chi connectivity index (χ1n) is 11.3. The van der Waals surface area contributed by atoms with Crippen LogP contribution in [0.3, 0.4) is 0 Å². The fraction of sp³-hybridized carbons (Fsp3) is 0.565. The minimum absolute atomic E-state index is 0.0662. The van der Waals surface area contributed by atoms with E-state index >= 15 is 0 Å². The third-order valence-corrected chi connectivity index (χ3v) is 5.87. The Morgan fingerprint density at radius 3 is 2.58 bits per heavy atom. The fourth-order valence-electron chi connectivity index (χ4n) is 4.09. The zero-order valence-corrected chi connectivity index (χ0v) is 18.7. The maximum atomic E-state index is 12.5. The first-order chi connectivity index (χ1) is 15.8. The van der Waals surface area contributed by atoms with Crippen LogP contribution >= 0.6 is 0 Å². The predicted molar refractivity (Wildman–Crippen MR) is 117 cm³/mol. The average molecular weight is 460 g/mol. The van der Waals surface area contributed by atoms with Gasteiger partial charge in [0.05, 0.1) is 0 Å². The number of para-hydroxylation sites is 1. The van der Waals surface area contributed by atoms with Gasteiger partial charge in [-0.2, -0.15) is 0 Å². The number of benzene rings is 1. The average Bonchev–Trinajstić information content (AvgIpc) is 2.78. The Bertz CT molecular complexity index is 879. The molecule has 1 atom stereocenters. The molecule has 1 fully saturated rings. The highest BCUT2D eigenvalue weighted by Crippen LogP contribution is 2.36. The molecule has 3 rings (SSSR count). The van der Waals surface area contributed by atoms with E-state index in [0.29, 0.717) is 12.0 Å². The second-order valence-corrected chi connectivity index (χ2v) is 8.53. The molecule has 1 aliphatic carbocycles. The molecule has 0 spiro atoms. The second kappa shape index (κ2) is 11.8. The molecular weight excluding hydrogens is 431 g/mol. The van der Waals surface area contributed by atoms with Gasteiger partial charge in [0.2, 0.25) is 6.79 Å². The van der Waals surface area contributed by atoms with Gasteiger partial charge in [-0.3, -0.25) is 4.79 Å². The quantitative estimate of drug-likeness (QED) is 0.335. The summed E-state index contributed by atoms with van der Waals surface area (Å²) in [5, 5.41) is 10.4. The summed E-state index contributed by atoms with van der Waals surface area (Å²) in [6.07, 6.45) is 4.38. The normalized spacial score (nSPS) is 18.0. The molecule has 33 heavy (non-hydrogen) atoms. The molecule has 178 valence electrons. The summed E-state index contributed by atoms with van der Waals surface area (Å²) in [4.78, 5) is 47.4. The van der Waals surface area contributed by atoms with Gasteiger partial charge in [0, 0.05) is 25.1 Å². The SMILES string of the molecule is CC(=O)CCC(=O)C[C@H]1Cc2cccc(C(=O)OCOC(=O)OC3CCCCC3)c2OB1O. The van der Waals surface area contributed by atoms with Crippen LogP contribution in [0.4, 0.5) is 4.79 Å². The van der Waals surface area contributed by atoms with E-state index in [0.717, 1.165) is 32.1 Å². The van der Waals surface area contributed by atoms with E-state index in [1.807, 2.05) is 0 Å². The minimum Gasteiger partial charge on any atom is -0.535 e. The third-order valence-electron chi connectivity index (χ3n) is 5.87. The molecule has 1 saturated carbocycles. The number of carbonyl (C=O) groups excluding carboxylic acids is 4. The largest absolute Gasteiger partial charge is 0.535 e. The minimum atomic E-state index is -1.28. The summed E-state index contributed by atoms with van der Waals surface area (Å²) < 4.78 is 20.6. The van der Waals surface area contributed by atoms with Crippen molar-refractivity contribution in [1.29, 1.82) is 0 Å². The number of rotatable bonds is 9. The second-order valence-electron chi connectivity index (χ2n) is 8.53.